The van der Waals surface area contributed by atoms with Crippen LogP contribution in [0.25, 0.3) is 0 Å². The van der Waals surface area contributed by atoms with Crippen molar-refractivity contribution in [2.75, 3.05) is 0 Å². The van der Waals surface area contributed by atoms with Crippen LogP contribution in [-0.2, 0) is 13.0 Å². The molecule has 2 aromatic heterocycles. The van der Waals surface area contributed by atoms with Crippen molar-refractivity contribution in [1.29, 1.82) is 0 Å². The van der Waals surface area contributed by atoms with Crippen LogP contribution >= 0.6 is 11.6 Å². The Labute approximate surface area is 105 Å². The summed E-state index contributed by atoms with van der Waals surface area (Å²) >= 11 is 6.00. The first-order valence-electron chi connectivity index (χ1n) is 5.55. The number of hydrogen-bond donors (Lipinski definition) is 0. The second kappa shape index (κ2) is 5.23. The molecule has 0 radical (unpaired) electrons. The number of nitrogens with zero attached hydrogens (tertiary/aromatic N) is 5. The number of halogens is 1. The summed E-state index contributed by atoms with van der Waals surface area (Å²) in [5.74, 6) is 0.889. The van der Waals surface area contributed by atoms with Crippen molar-refractivity contribution in [3.05, 3.63) is 34.9 Å². The van der Waals surface area contributed by atoms with Gasteiger partial charge < -0.3 is 0 Å². The van der Waals surface area contributed by atoms with Gasteiger partial charge in [-0.3, -0.25) is 14.5 Å². The van der Waals surface area contributed by atoms with Crippen LogP contribution in [-0.4, -0.2) is 24.7 Å². The Hall–Kier alpha value is -1.49. The molecule has 0 aliphatic heterocycles. The fourth-order valence-electron chi connectivity index (χ4n) is 1.54. The maximum absolute atomic E-state index is 6.00. The highest BCUT2D eigenvalue weighted by atomic mass is 35.5. The molecule has 0 N–H and O–H groups in total. The van der Waals surface area contributed by atoms with Gasteiger partial charge in [-0.15, -0.1) is 10.2 Å². The molecule has 0 unspecified atom stereocenters. The van der Waals surface area contributed by atoms with Gasteiger partial charge in [-0.25, -0.2) is 0 Å². The largest absolute Gasteiger partial charge is 0.296 e. The predicted octanol–water partition coefficient (Wildman–Crippen LogP) is 2.03. The van der Waals surface area contributed by atoms with Crippen LogP contribution < -0.4 is 0 Å². The van der Waals surface area contributed by atoms with Gasteiger partial charge in [0.1, 0.15) is 5.82 Å². The minimum atomic E-state index is 0.399. The van der Waals surface area contributed by atoms with E-state index in [1.165, 1.54) is 0 Å². The second-order valence-electron chi connectivity index (χ2n) is 3.87. The lowest BCUT2D eigenvalue weighted by atomic mass is 10.3. The molecule has 0 saturated heterocycles. The van der Waals surface area contributed by atoms with Crippen molar-refractivity contribution in [2.45, 2.75) is 33.2 Å². The zero-order valence-corrected chi connectivity index (χ0v) is 10.6. The van der Waals surface area contributed by atoms with E-state index < -0.39 is 0 Å². The highest BCUT2D eigenvalue weighted by molar-refractivity contribution is 6.28. The van der Waals surface area contributed by atoms with Crippen molar-refractivity contribution in [2.24, 2.45) is 0 Å². The summed E-state index contributed by atoms with van der Waals surface area (Å²) in [6, 6.07) is 0. The van der Waals surface area contributed by atoms with E-state index in [0.29, 0.717) is 11.8 Å². The van der Waals surface area contributed by atoms with E-state index >= 15 is 0 Å². The maximum Gasteiger partial charge on any atom is 0.225 e. The van der Waals surface area contributed by atoms with Crippen LogP contribution in [0.3, 0.4) is 0 Å². The topological polar surface area (TPSA) is 56.5 Å². The third kappa shape index (κ3) is 2.79. The van der Waals surface area contributed by atoms with Crippen molar-refractivity contribution >= 4 is 11.6 Å². The van der Waals surface area contributed by atoms with Gasteiger partial charge in [0.2, 0.25) is 5.28 Å². The van der Waals surface area contributed by atoms with Gasteiger partial charge in [-0.05, 0) is 24.9 Å². The quantitative estimate of drug-likeness (QED) is 0.834. The van der Waals surface area contributed by atoms with Crippen LogP contribution in [0.5, 0.6) is 0 Å². The van der Waals surface area contributed by atoms with E-state index in [9.17, 15) is 0 Å². The minimum absolute atomic E-state index is 0.399. The summed E-state index contributed by atoms with van der Waals surface area (Å²) < 4.78 is 1.87. The zero-order valence-electron chi connectivity index (χ0n) is 9.89. The highest BCUT2D eigenvalue weighted by Crippen LogP contribution is 2.12. The summed E-state index contributed by atoms with van der Waals surface area (Å²) in [6.07, 6.45) is 5.36. The van der Waals surface area contributed by atoms with Gasteiger partial charge in [-0.2, -0.15) is 0 Å². The summed E-state index contributed by atoms with van der Waals surface area (Å²) in [5, 5.41) is 8.33. The van der Waals surface area contributed by atoms with Crippen molar-refractivity contribution in [3.63, 3.8) is 0 Å². The Balaban J connectivity index is 2.22. The van der Waals surface area contributed by atoms with E-state index in [4.69, 9.17) is 11.6 Å². The molecular weight excluding hydrogens is 238 g/mol. The van der Waals surface area contributed by atoms with Crippen LogP contribution in [0.1, 0.15) is 30.6 Å². The van der Waals surface area contributed by atoms with Crippen LogP contribution in [0.15, 0.2) is 12.4 Å². The Bertz CT molecular complexity index is 491. The van der Waals surface area contributed by atoms with Gasteiger partial charge in [-0.1, -0.05) is 6.92 Å². The average molecular weight is 252 g/mol. The van der Waals surface area contributed by atoms with Gasteiger partial charge in [0.05, 0.1) is 24.1 Å². The van der Waals surface area contributed by atoms with Gasteiger partial charge >= 0.3 is 0 Å². The Morgan fingerprint density at radius 1 is 1.24 bits per heavy atom. The molecule has 0 amide bonds. The van der Waals surface area contributed by atoms with Gasteiger partial charge in [0.15, 0.2) is 0 Å². The molecule has 0 saturated carbocycles. The molecule has 6 heteroatoms. The molecule has 0 fully saturated rings. The molecule has 5 nitrogen and oxygen atoms in total. The fourth-order valence-corrected chi connectivity index (χ4v) is 1.74. The Morgan fingerprint density at radius 3 is 2.71 bits per heavy atom. The summed E-state index contributed by atoms with van der Waals surface area (Å²) in [7, 11) is 0. The molecule has 2 rings (SSSR count). The lowest BCUT2D eigenvalue weighted by Gasteiger charge is -2.06. The van der Waals surface area contributed by atoms with E-state index in [1.54, 1.807) is 12.4 Å². The molecule has 2 aromatic rings. The van der Waals surface area contributed by atoms with Gasteiger partial charge in [0.25, 0.3) is 0 Å². The van der Waals surface area contributed by atoms with E-state index in [1.807, 2.05) is 11.5 Å². The van der Waals surface area contributed by atoms with Crippen molar-refractivity contribution in [3.8, 4) is 0 Å². The first-order chi connectivity index (χ1) is 8.20. The minimum Gasteiger partial charge on any atom is -0.296 e. The molecule has 17 heavy (non-hydrogen) atoms. The smallest absolute Gasteiger partial charge is 0.225 e. The predicted molar refractivity (Wildman–Crippen MR) is 64.9 cm³/mol. The standard InChI is InChI=1S/C11H14ClN5/c1-3-4-10-15-16-11(12)17(10)7-9-6-13-8(2)5-14-9/h5-6H,3-4,7H2,1-2H3. The highest BCUT2D eigenvalue weighted by Gasteiger charge is 2.10. The third-order valence-corrected chi connectivity index (χ3v) is 2.69. The van der Waals surface area contributed by atoms with Crippen molar-refractivity contribution < 1.29 is 0 Å². The number of hydrogen-bond acceptors (Lipinski definition) is 4. The molecule has 0 aliphatic rings. The zero-order chi connectivity index (χ0) is 12.3. The number of aromatic nitrogens is 5. The molecule has 0 bridgehead atoms. The lowest BCUT2D eigenvalue weighted by molar-refractivity contribution is 0.690. The van der Waals surface area contributed by atoms with Crippen LogP contribution in [0, 0.1) is 6.92 Å². The van der Waals surface area contributed by atoms with Crippen LogP contribution in [0.4, 0.5) is 0 Å². The fraction of sp³-hybridized carbons (Fsp3) is 0.455. The first kappa shape index (κ1) is 12.0. The molecule has 0 aliphatic carbocycles. The molecule has 0 aromatic carbocycles. The third-order valence-electron chi connectivity index (χ3n) is 2.41. The SMILES string of the molecule is CCCc1nnc(Cl)n1Cc1cnc(C)cn1. The average Bonchev–Trinajstić information content (AvgIpc) is 2.65. The number of aryl methyl sites for hydroxylation is 2. The molecule has 90 valence electrons. The number of rotatable bonds is 4. The van der Waals surface area contributed by atoms with Gasteiger partial charge in [0, 0.05) is 12.6 Å². The molecule has 0 spiro atoms. The maximum atomic E-state index is 6.00. The molecular formula is C11H14ClN5. The van der Waals surface area contributed by atoms with E-state index in [-0.39, 0.29) is 0 Å². The monoisotopic (exact) mass is 251 g/mol. The normalized spacial score (nSPS) is 10.8. The summed E-state index contributed by atoms with van der Waals surface area (Å²) in [5.41, 5.74) is 1.76. The first-order valence-corrected chi connectivity index (χ1v) is 5.93. The Kier molecular flexibility index (Phi) is 3.68. The molecule has 0 atom stereocenters. The summed E-state index contributed by atoms with van der Waals surface area (Å²) in [4.78, 5) is 8.50. The summed E-state index contributed by atoms with van der Waals surface area (Å²) in [6.45, 7) is 4.57. The lowest BCUT2D eigenvalue weighted by Crippen LogP contribution is -2.07. The van der Waals surface area contributed by atoms with Crippen LogP contribution in [0.2, 0.25) is 5.28 Å². The van der Waals surface area contributed by atoms with E-state index in [0.717, 1.165) is 30.1 Å². The Morgan fingerprint density at radius 2 is 2.06 bits per heavy atom. The molecule has 2 heterocycles. The van der Waals surface area contributed by atoms with E-state index in [2.05, 4.69) is 27.1 Å². The second-order valence-corrected chi connectivity index (χ2v) is 4.21. The van der Waals surface area contributed by atoms with Crippen molar-refractivity contribution in [1.82, 2.24) is 24.7 Å².